The highest BCUT2D eigenvalue weighted by Crippen LogP contribution is 2.22. The monoisotopic (exact) mass is 248 g/mol. The van der Waals surface area contributed by atoms with Crippen LogP contribution < -0.4 is 4.90 Å². The van der Waals surface area contributed by atoms with Crippen LogP contribution >= 0.6 is 0 Å². The van der Waals surface area contributed by atoms with Gasteiger partial charge in [0.25, 0.3) is 0 Å². The molecule has 1 rings (SSSR count). The molecule has 0 N–H and O–H groups in total. The average Bonchev–Trinajstić information content (AvgIpc) is 2.26. The minimum Gasteiger partial charge on any atom is -0.300 e. The van der Waals surface area contributed by atoms with Gasteiger partial charge >= 0.3 is 0 Å². The molecule has 3 heteroatoms. The summed E-state index contributed by atoms with van der Waals surface area (Å²) < 4.78 is 0. The van der Waals surface area contributed by atoms with Crippen molar-refractivity contribution in [1.29, 1.82) is 0 Å². The second kappa shape index (κ2) is 5.98. The molecule has 0 aliphatic carbocycles. The number of pyridine rings is 1. The van der Waals surface area contributed by atoms with Gasteiger partial charge < -0.3 is 4.90 Å². The zero-order valence-electron chi connectivity index (χ0n) is 12.3. The molecule has 0 unspecified atom stereocenters. The van der Waals surface area contributed by atoms with Crippen molar-refractivity contribution in [3.8, 4) is 0 Å². The van der Waals surface area contributed by atoms with Crippen LogP contribution in [0.4, 0.5) is 5.82 Å². The van der Waals surface area contributed by atoms with Crippen LogP contribution in [0.5, 0.6) is 0 Å². The van der Waals surface area contributed by atoms with E-state index in [1.54, 1.807) is 18.9 Å². The van der Waals surface area contributed by atoms with Crippen LogP contribution in [0, 0.1) is 5.92 Å². The van der Waals surface area contributed by atoms with Crippen molar-refractivity contribution in [2.45, 2.75) is 47.0 Å². The topological polar surface area (TPSA) is 33.2 Å². The van der Waals surface area contributed by atoms with E-state index in [-0.39, 0.29) is 5.91 Å². The van der Waals surface area contributed by atoms with Gasteiger partial charge in [-0.2, -0.15) is 0 Å². The first kappa shape index (κ1) is 14.7. The molecule has 0 aliphatic rings. The molecule has 100 valence electrons. The maximum Gasteiger partial charge on any atom is 0.224 e. The number of rotatable bonds is 4. The first-order chi connectivity index (χ1) is 8.31. The summed E-state index contributed by atoms with van der Waals surface area (Å²) in [6, 6.07) is 4.16. The van der Waals surface area contributed by atoms with Gasteiger partial charge in [0, 0.05) is 19.7 Å². The van der Waals surface area contributed by atoms with Gasteiger partial charge in [0.05, 0.1) is 0 Å². The van der Waals surface area contributed by atoms with Crippen molar-refractivity contribution >= 4 is 11.7 Å². The fraction of sp³-hybridized carbons (Fsp3) is 0.600. The molecule has 0 saturated heterocycles. The van der Waals surface area contributed by atoms with E-state index >= 15 is 0 Å². The highest BCUT2D eigenvalue weighted by atomic mass is 16.2. The van der Waals surface area contributed by atoms with E-state index in [1.165, 1.54) is 5.56 Å². The molecule has 0 fully saturated rings. The van der Waals surface area contributed by atoms with Crippen LogP contribution in [-0.4, -0.2) is 17.9 Å². The van der Waals surface area contributed by atoms with E-state index in [0.29, 0.717) is 11.8 Å². The molecule has 0 radical (unpaired) electrons. The van der Waals surface area contributed by atoms with Gasteiger partial charge in [0.15, 0.2) is 0 Å². The summed E-state index contributed by atoms with van der Waals surface area (Å²) in [6.07, 6.45) is 0.944. The predicted octanol–water partition coefficient (Wildman–Crippen LogP) is 3.39. The van der Waals surface area contributed by atoms with Gasteiger partial charge in [-0.25, -0.2) is 4.98 Å². The van der Waals surface area contributed by atoms with Gasteiger partial charge in [0.2, 0.25) is 5.91 Å². The molecule has 0 saturated carbocycles. The van der Waals surface area contributed by atoms with Crippen molar-refractivity contribution < 1.29 is 4.79 Å². The number of amides is 1. The quantitative estimate of drug-likeness (QED) is 0.818. The minimum absolute atomic E-state index is 0.0129. The summed E-state index contributed by atoms with van der Waals surface area (Å²) >= 11 is 0. The summed E-state index contributed by atoms with van der Waals surface area (Å²) in [5.41, 5.74) is 2.31. The van der Waals surface area contributed by atoms with E-state index in [4.69, 9.17) is 0 Å². The molecule has 0 atom stereocenters. The summed E-state index contributed by atoms with van der Waals surface area (Å²) in [5, 5.41) is 0. The largest absolute Gasteiger partial charge is 0.300 e. The van der Waals surface area contributed by atoms with Gasteiger partial charge in [-0.15, -0.1) is 0 Å². The van der Waals surface area contributed by atoms with E-state index in [0.717, 1.165) is 17.9 Å². The van der Waals surface area contributed by atoms with Gasteiger partial charge in [-0.05, 0) is 36.0 Å². The van der Waals surface area contributed by atoms with Gasteiger partial charge in [-0.1, -0.05) is 27.7 Å². The normalized spacial score (nSPS) is 11.1. The number of anilines is 1. The molecule has 1 heterocycles. The Hall–Kier alpha value is -1.38. The number of hydrogen-bond donors (Lipinski definition) is 0. The molecule has 0 aromatic carbocycles. The molecule has 1 aromatic heterocycles. The molecule has 0 spiro atoms. The third-order valence-electron chi connectivity index (χ3n) is 2.99. The zero-order valence-corrected chi connectivity index (χ0v) is 12.3. The summed E-state index contributed by atoms with van der Waals surface area (Å²) in [6.45, 7) is 10.2. The first-order valence-corrected chi connectivity index (χ1v) is 6.56. The van der Waals surface area contributed by atoms with E-state index < -0.39 is 0 Å². The van der Waals surface area contributed by atoms with E-state index in [9.17, 15) is 4.79 Å². The lowest BCUT2D eigenvalue weighted by Gasteiger charge is -2.18. The molecule has 1 amide bonds. The Balaban J connectivity index is 3.17. The van der Waals surface area contributed by atoms with Crippen LogP contribution in [0.25, 0.3) is 0 Å². The fourth-order valence-corrected chi connectivity index (χ4v) is 1.78. The molecule has 18 heavy (non-hydrogen) atoms. The molecular formula is C15H24N2O. The highest BCUT2D eigenvalue weighted by Gasteiger charge is 2.12. The minimum atomic E-state index is 0.0129. The third-order valence-corrected chi connectivity index (χ3v) is 2.99. The van der Waals surface area contributed by atoms with Crippen molar-refractivity contribution in [2.24, 2.45) is 5.92 Å². The van der Waals surface area contributed by atoms with Crippen LogP contribution in [0.1, 0.15) is 51.8 Å². The van der Waals surface area contributed by atoms with Crippen LogP contribution in [0.3, 0.4) is 0 Å². The van der Waals surface area contributed by atoms with Crippen molar-refractivity contribution in [3.63, 3.8) is 0 Å². The third kappa shape index (κ3) is 3.83. The zero-order chi connectivity index (χ0) is 13.9. The second-order valence-corrected chi connectivity index (χ2v) is 5.58. The SMILES string of the molecule is CC(=O)N(C)c1cc(C(C)C)cc(CC(C)C)n1. The molecule has 3 nitrogen and oxygen atoms in total. The number of nitrogens with zero attached hydrogens (tertiary/aromatic N) is 2. The second-order valence-electron chi connectivity index (χ2n) is 5.58. The van der Waals surface area contributed by atoms with Gasteiger partial charge in [0.1, 0.15) is 5.82 Å². The fourth-order valence-electron chi connectivity index (χ4n) is 1.78. The number of aromatic nitrogens is 1. The molecule has 0 aliphatic heterocycles. The Kier molecular flexibility index (Phi) is 4.88. The summed E-state index contributed by atoms with van der Waals surface area (Å²) in [5.74, 6) is 1.77. The van der Waals surface area contributed by atoms with Crippen molar-refractivity contribution in [2.75, 3.05) is 11.9 Å². The molecular weight excluding hydrogens is 224 g/mol. The maximum absolute atomic E-state index is 11.4. The summed E-state index contributed by atoms with van der Waals surface area (Å²) in [7, 11) is 1.77. The first-order valence-electron chi connectivity index (χ1n) is 6.56. The number of carbonyl (C=O) groups excluding carboxylic acids is 1. The standard InChI is InChI=1S/C15H24N2O/c1-10(2)7-14-8-13(11(3)4)9-15(16-14)17(6)12(5)18/h8-11H,7H2,1-6H3. The van der Waals surface area contributed by atoms with Crippen molar-refractivity contribution in [3.05, 3.63) is 23.4 Å². The molecule has 1 aromatic rings. The Labute approximate surface area is 110 Å². The lowest BCUT2D eigenvalue weighted by Crippen LogP contribution is -2.24. The number of hydrogen-bond acceptors (Lipinski definition) is 2. The Morgan fingerprint density at radius 1 is 1.28 bits per heavy atom. The Morgan fingerprint density at radius 3 is 2.33 bits per heavy atom. The lowest BCUT2D eigenvalue weighted by atomic mass is 10.00. The summed E-state index contributed by atoms with van der Waals surface area (Å²) in [4.78, 5) is 17.6. The predicted molar refractivity (Wildman–Crippen MR) is 76.0 cm³/mol. The maximum atomic E-state index is 11.4. The highest BCUT2D eigenvalue weighted by molar-refractivity contribution is 5.89. The number of carbonyl (C=O) groups is 1. The smallest absolute Gasteiger partial charge is 0.224 e. The Bertz CT molecular complexity index is 425. The van der Waals surface area contributed by atoms with Crippen LogP contribution in [0.15, 0.2) is 12.1 Å². The Morgan fingerprint density at radius 2 is 1.89 bits per heavy atom. The average molecular weight is 248 g/mol. The van der Waals surface area contributed by atoms with Crippen molar-refractivity contribution in [1.82, 2.24) is 4.98 Å². The van der Waals surface area contributed by atoms with E-state index in [1.807, 2.05) is 6.07 Å². The van der Waals surface area contributed by atoms with Gasteiger partial charge in [-0.3, -0.25) is 4.79 Å². The molecule has 0 bridgehead atoms. The van der Waals surface area contributed by atoms with E-state index in [2.05, 4.69) is 38.7 Å². The van der Waals surface area contributed by atoms with Crippen LogP contribution in [-0.2, 0) is 11.2 Å². The lowest BCUT2D eigenvalue weighted by molar-refractivity contribution is -0.116. The van der Waals surface area contributed by atoms with Crippen LogP contribution in [0.2, 0.25) is 0 Å².